The third-order valence-corrected chi connectivity index (χ3v) is 5.97. The molecule has 1 fully saturated rings. The van der Waals surface area contributed by atoms with Crippen molar-refractivity contribution in [1.82, 2.24) is 20.2 Å². The van der Waals surface area contributed by atoms with Gasteiger partial charge in [-0.2, -0.15) is 0 Å². The predicted octanol–water partition coefficient (Wildman–Crippen LogP) is 2.18. The van der Waals surface area contributed by atoms with Crippen molar-refractivity contribution < 1.29 is 14.2 Å². The lowest BCUT2D eigenvalue weighted by atomic mass is 9.73. The van der Waals surface area contributed by atoms with Crippen LogP contribution in [0.5, 0.6) is 0 Å². The van der Waals surface area contributed by atoms with Crippen LogP contribution >= 0.6 is 0 Å². The Kier molecular flexibility index (Phi) is 3.94. The molecule has 29 heavy (non-hydrogen) atoms. The Morgan fingerprint density at radius 3 is 2.90 bits per heavy atom. The van der Waals surface area contributed by atoms with Crippen LogP contribution in [-0.2, 0) is 21.4 Å². The standard InChI is InChI=1S/C21H19N5O3/c1-13-17(25-29-24-13)11-18(27)26-10-8-21(19(26)14-5-4-9-22-12-14)15-6-2-3-7-16(15)23-20(21)28/h2-7,9,12,19H,8,10-11H2,1H3,(H,23,28). The minimum absolute atomic E-state index is 0.0748. The number of carbonyl (C=O) groups is 2. The first kappa shape index (κ1) is 17.5. The summed E-state index contributed by atoms with van der Waals surface area (Å²) in [4.78, 5) is 32.6. The second-order valence-corrected chi connectivity index (χ2v) is 7.47. The molecule has 1 aromatic carbocycles. The molecular formula is C21H19N5O3. The first-order valence-corrected chi connectivity index (χ1v) is 9.49. The molecule has 5 rings (SSSR count). The van der Waals surface area contributed by atoms with Crippen LogP contribution in [-0.4, -0.2) is 38.6 Å². The zero-order valence-corrected chi connectivity index (χ0v) is 15.8. The smallest absolute Gasteiger partial charge is 0.237 e. The van der Waals surface area contributed by atoms with E-state index in [0.717, 1.165) is 16.8 Å². The zero-order valence-electron chi connectivity index (χ0n) is 15.8. The highest BCUT2D eigenvalue weighted by molar-refractivity contribution is 6.07. The van der Waals surface area contributed by atoms with Crippen LogP contribution in [0, 0.1) is 6.92 Å². The molecule has 1 N–H and O–H groups in total. The van der Waals surface area contributed by atoms with Gasteiger partial charge in [-0.05, 0) is 36.6 Å². The molecule has 0 saturated carbocycles. The molecule has 8 nitrogen and oxygen atoms in total. The van der Waals surface area contributed by atoms with Gasteiger partial charge in [0.2, 0.25) is 11.8 Å². The van der Waals surface area contributed by atoms with E-state index in [-0.39, 0.29) is 18.2 Å². The Balaban J connectivity index is 1.60. The Morgan fingerprint density at radius 1 is 1.28 bits per heavy atom. The van der Waals surface area contributed by atoms with E-state index in [0.29, 0.717) is 24.4 Å². The number of benzene rings is 1. The van der Waals surface area contributed by atoms with Gasteiger partial charge in [0.05, 0.1) is 12.5 Å². The number of hydrogen-bond donors (Lipinski definition) is 1. The number of aromatic nitrogens is 3. The maximum absolute atomic E-state index is 13.3. The number of rotatable bonds is 3. The van der Waals surface area contributed by atoms with Crippen LogP contribution in [0.1, 0.15) is 35.0 Å². The first-order chi connectivity index (χ1) is 14.1. The van der Waals surface area contributed by atoms with Crippen LogP contribution in [0.3, 0.4) is 0 Å². The summed E-state index contributed by atoms with van der Waals surface area (Å²) in [6.07, 6.45) is 4.03. The molecule has 146 valence electrons. The molecule has 2 aliphatic heterocycles. The molecule has 1 saturated heterocycles. The highest BCUT2D eigenvalue weighted by Crippen LogP contribution is 2.54. The number of para-hydroxylation sites is 1. The van der Waals surface area contributed by atoms with Crippen molar-refractivity contribution in [2.24, 2.45) is 0 Å². The van der Waals surface area contributed by atoms with Crippen LogP contribution in [0.4, 0.5) is 5.69 Å². The Bertz CT molecular complexity index is 1100. The summed E-state index contributed by atoms with van der Waals surface area (Å²) >= 11 is 0. The quantitative estimate of drug-likeness (QED) is 0.737. The molecule has 2 amide bonds. The van der Waals surface area contributed by atoms with Crippen molar-refractivity contribution in [2.45, 2.75) is 31.2 Å². The fourth-order valence-electron chi connectivity index (χ4n) is 4.61. The van der Waals surface area contributed by atoms with Gasteiger partial charge >= 0.3 is 0 Å². The summed E-state index contributed by atoms with van der Waals surface area (Å²) in [5.41, 5.74) is 2.82. The molecular weight excluding hydrogens is 370 g/mol. The SMILES string of the molecule is Cc1nonc1CC(=O)N1CCC2(C(=O)Nc3ccccc32)C1c1cccnc1. The lowest BCUT2D eigenvalue weighted by Gasteiger charge is -2.34. The summed E-state index contributed by atoms with van der Waals surface area (Å²) < 4.78 is 4.73. The van der Waals surface area contributed by atoms with Crippen molar-refractivity contribution in [3.8, 4) is 0 Å². The lowest BCUT2D eigenvalue weighted by Crippen LogP contribution is -2.43. The number of aryl methyl sites for hydroxylation is 1. The van der Waals surface area contributed by atoms with Crippen LogP contribution < -0.4 is 5.32 Å². The topological polar surface area (TPSA) is 101 Å². The zero-order chi connectivity index (χ0) is 20.0. The predicted molar refractivity (Wildman–Crippen MR) is 103 cm³/mol. The van der Waals surface area contributed by atoms with Crippen molar-refractivity contribution >= 4 is 17.5 Å². The number of carbonyl (C=O) groups excluding carboxylic acids is 2. The number of pyridine rings is 1. The number of anilines is 1. The monoisotopic (exact) mass is 389 g/mol. The Labute approximate surface area is 166 Å². The number of nitrogens with zero attached hydrogens (tertiary/aromatic N) is 4. The maximum atomic E-state index is 13.3. The van der Waals surface area contributed by atoms with Crippen molar-refractivity contribution in [3.63, 3.8) is 0 Å². The summed E-state index contributed by atoms with van der Waals surface area (Å²) in [5.74, 6) is -0.200. The van der Waals surface area contributed by atoms with Gasteiger partial charge < -0.3 is 10.2 Å². The molecule has 4 heterocycles. The number of amides is 2. The number of fused-ring (bicyclic) bond motifs is 2. The minimum Gasteiger partial charge on any atom is -0.334 e. The average Bonchev–Trinajstić information content (AvgIpc) is 3.41. The highest BCUT2D eigenvalue weighted by atomic mass is 16.6. The van der Waals surface area contributed by atoms with Crippen LogP contribution in [0.25, 0.3) is 0 Å². The van der Waals surface area contributed by atoms with Gasteiger partial charge in [0, 0.05) is 24.6 Å². The number of nitrogens with one attached hydrogen (secondary N) is 1. The van der Waals surface area contributed by atoms with E-state index in [1.807, 2.05) is 36.4 Å². The van der Waals surface area contributed by atoms with E-state index in [1.165, 1.54) is 0 Å². The molecule has 2 aromatic heterocycles. The van der Waals surface area contributed by atoms with Gasteiger partial charge in [0.1, 0.15) is 16.8 Å². The lowest BCUT2D eigenvalue weighted by molar-refractivity contribution is -0.133. The van der Waals surface area contributed by atoms with Gasteiger partial charge in [0.15, 0.2) is 0 Å². The third-order valence-electron chi connectivity index (χ3n) is 5.97. The van der Waals surface area contributed by atoms with E-state index in [2.05, 4.69) is 20.6 Å². The fourth-order valence-corrected chi connectivity index (χ4v) is 4.61. The highest BCUT2D eigenvalue weighted by Gasteiger charge is 2.59. The molecule has 8 heteroatoms. The number of hydrogen-bond acceptors (Lipinski definition) is 6. The van der Waals surface area contributed by atoms with Crippen molar-refractivity contribution in [1.29, 1.82) is 0 Å². The summed E-state index contributed by atoms with van der Waals surface area (Å²) in [6.45, 7) is 2.22. The summed E-state index contributed by atoms with van der Waals surface area (Å²) in [5, 5.41) is 10.6. The van der Waals surface area contributed by atoms with Gasteiger partial charge in [-0.15, -0.1) is 0 Å². The minimum atomic E-state index is -0.841. The molecule has 1 spiro atoms. The van der Waals surface area contributed by atoms with Gasteiger partial charge in [-0.3, -0.25) is 14.6 Å². The van der Waals surface area contributed by atoms with E-state index in [9.17, 15) is 9.59 Å². The van der Waals surface area contributed by atoms with E-state index in [4.69, 9.17) is 4.63 Å². The molecule has 2 atom stereocenters. The van der Waals surface area contributed by atoms with Gasteiger partial charge in [0.25, 0.3) is 0 Å². The summed E-state index contributed by atoms with van der Waals surface area (Å²) in [7, 11) is 0. The Morgan fingerprint density at radius 2 is 2.14 bits per heavy atom. The molecule has 0 aliphatic carbocycles. The van der Waals surface area contributed by atoms with E-state index < -0.39 is 11.5 Å². The molecule has 0 radical (unpaired) electrons. The fraction of sp³-hybridized carbons (Fsp3) is 0.286. The van der Waals surface area contributed by atoms with Crippen LogP contribution in [0.2, 0.25) is 0 Å². The third kappa shape index (κ3) is 2.55. The summed E-state index contributed by atoms with van der Waals surface area (Å²) in [6, 6.07) is 11.0. The second-order valence-electron chi connectivity index (χ2n) is 7.47. The van der Waals surface area contributed by atoms with Crippen molar-refractivity contribution in [3.05, 3.63) is 71.3 Å². The number of likely N-dealkylation sites (tertiary alicyclic amines) is 1. The Hall–Kier alpha value is -3.55. The van der Waals surface area contributed by atoms with E-state index >= 15 is 0 Å². The normalized spacial score (nSPS) is 22.7. The average molecular weight is 389 g/mol. The molecule has 3 aromatic rings. The van der Waals surface area contributed by atoms with Crippen molar-refractivity contribution in [2.75, 3.05) is 11.9 Å². The van der Waals surface area contributed by atoms with E-state index in [1.54, 1.807) is 24.2 Å². The largest absolute Gasteiger partial charge is 0.334 e. The molecule has 2 aliphatic rings. The first-order valence-electron chi connectivity index (χ1n) is 9.49. The molecule has 2 unspecified atom stereocenters. The van der Waals surface area contributed by atoms with Crippen LogP contribution in [0.15, 0.2) is 53.4 Å². The van der Waals surface area contributed by atoms with Gasteiger partial charge in [-0.1, -0.05) is 34.6 Å². The van der Waals surface area contributed by atoms with Gasteiger partial charge in [-0.25, -0.2) is 4.63 Å². The second kappa shape index (κ2) is 6.51. The molecule has 0 bridgehead atoms. The maximum Gasteiger partial charge on any atom is 0.237 e.